The predicted molar refractivity (Wildman–Crippen MR) is 131 cm³/mol. The first-order chi connectivity index (χ1) is 16.9. The molecule has 1 amide bonds. The fourth-order valence-corrected chi connectivity index (χ4v) is 6.00. The van der Waals surface area contributed by atoms with E-state index >= 15 is 0 Å². The molecule has 0 unspecified atom stereocenters. The molecule has 1 aliphatic carbocycles. The van der Waals surface area contributed by atoms with Gasteiger partial charge < -0.3 is 19.3 Å². The van der Waals surface area contributed by atoms with Crippen LogP contribution >= 0.6 is 0 Å². The molecular formula is C26H34FN5O3. The van der Waals surface area contributed by atoms with E-state index in [1.165, 1.54) is 19.0 Å². The summed E-state index contributed by atoms with van der Waals surface area (Å²) >= 11 is 0. The lowest BCUT2D eigenvalue weighted by atomic mass is 9.78. The average molecular weight is 484 g/mol. The van der Waals surface area contributed by atoms with Gasteiger partial charge in [0.1, 0.15) is 11.6 Å². The summed E-state index contributed by atoms with van der Waals surface area (Å²) in [4.78, 5) is 27.6. The molecule has 188 valence electrons. The zero-order valence-corrected chi connectivity index (χ0v) is 20.8. The van der Waals surface area contributed by atoms with Gasteiger partial charge in [-0.25, -0.2) is 19.2 Å². The predicted octanol–water partition coefficient (Wildman–Crippen LogP) is 3.73. The third-order valence-electron chi connectivity index (χ3n) is 7.78. The summed E-state index contributed by atoms with van der Waals surface area (Å²) in [5.74, 6) is 0.983. The number of likely N-dealkylation sites (tertiary alicyclic amines) is 1. The molecule has 0 aromatic carbocycles. The lowest BCUT2D eigenvalue weighted by Crippen LogP contribution is -2.58. The van der Waals surface area contributed by atoms with Gasteiger partial charge in [-0.3, -0.25) is 4.90 Å². The van der Waals surface area contributed by atoms with Gasteiger partial charge in [0, 0.05) is 73.6 Å². The Kier molecular flexibility index (Phi) is 6.53. The van der Waals surface area contributed by atoms with Crippen molar-refractivity contribution in [3.05, 3.63) is 35.9 Å². The number of halogens is 1. The van der Waals surface area contributed by atoms with Crippen molar-refractivity contribution in [1.82, 2.24) is 19.8 Å². The minimum atomic E-state index is -0.355. The molecule has 0 N–H and O–H groups in total. The summed E-state index contributed by atoms with van der Waals surface area (Å²) < 4.78 is 24.6. The molecule has 2 aromatic rings. The van der Waals surface area contributed by atoms with E-state index in [4.69, 9.17) is 9.47 Å². The van der Waals surface area contributed by atoms with Gasteiger partial charge in [0.15, 0.2) is 0 Å². The van der Waals surface area contributed by atoms with Crippen LogP contribution in [0.4, 0.5) is 15.0 Å². The monoisotopic (exact) mass is 483 g/mol. The quantitative estimate of drug-likeness (QED) is 0.642. The van der Waals surface area contributed by atoms with Crippen molar-refractivity contribution in [2.24, 2.45) is 5.41 Å². The number of methoxy groups -OCH3 is 1. The maximum Gasteiger partial charge on any atom is 0.409 e. The molecule has 0 bridgehead atoms. The van der Waals surface area contributed by atoms with E-state index in [1.807, 2.05) is 24.8 Å². The van der Waals surface area contributed by atoms with Gasteiger partial charge in [0.05, 0.1) is 19.9 Å². The molecule has 1 saturated carbocycles. The fraction of sp³-hybridized carbons (Fsp3) is 0.577. The van der Waals surface area contributed by atoms with Crippen LogP contribution < -0.4 is 9.64 Å². The highest BCUT2D eigenvalue weighted by Crippen LogP contribution is 2.47. The summed E-state index contributed by atoms with van der Waals surface area (Å²) in [5, 5.41) is 0. The molecule has 2 aliphatic heterocycles. The van der Waals surface area contributed by atoms with Gasteiger partial charge in [0.25, 0.3) is 0 Å². The fourth-order valence-electron chi connectivity index (χ4n) is 6.00. The smallest absolute Gasteiger partial charge is 0.409 e. The second kappa shape index (κ2) is 9.60. The average Bonchev–Trinajstić information content (AvgIpc) is 3.29. The lowest BCUT2D eigenvalue weighted by Gasteiger charge is -2.48. The molecule has 35 heavy (non-hydrogen) atoms. The van der Waals surface area contributed by atoms with Gasteiger partial charge in [0.2, 0.25) is 5.88 Å². The second-order valence-electron chi connectivity index (χ2n) is 9.99. The Morgan fingerprint density at radius 1 is 1.20 bits per heavy atom. The van der Waals surface area contributed by atoms with Crippen molar-refractivity contribution < 1.29 is 18.7 Å². The van der Waals surface area contributed by atoms with Crippen molar-refractivity contribution in [3.63, 3.8) is 0 Å². The number of pyridine rings is 2. The Balaban J connectivity index is 1.23. The van der Waals surface area contributed by atoms with E-state index in [1.54, 1.807) is 19.2 Å². The van der Waals surface area contributed by atoms with E-state index in [2.05, 4.69) is 19.8 Å². The van der Waals surface area contributed by atoms with Crippen LogP contribution in [0.5, 0.6) is 5.88 Å². The molecule has 3 fully saturated rings. The number of rotatable bonds is 5. The molecule has 0 radical (unpaired) electrons. The van der Waals surface area contributed by atoms with Gasteiger partial charge in [-0.15, -0.1) is 0 Å². The largest absolute Gasteiger partial charge is 0.481 e. The second-order valence-corrected chi connectivity index (χ2v) is 9.99. The first-order valence-corrected chi connectivity index (χ1v) is 12.5. The Bertz CT molecular complexity index is 1080. The number of aromatic nitrogens is 2. The molecule has 3 aliphatic rings. The van der Waals surface area contributed by atoms with Gasteiger partial charge in [-0.05, 0) is 45.2 Å². The molecule has 2 aromatic heterocycles. The standard InChI is InChI=1S/C26H34FN5O3/c1-4-35-25(33)32-16-26(17-32)8-7-20(14-26)30-9-11-31(12-10-30)24-22(13-19(27)15-28-24)21-5-6-23(34-3)29-18(21)2/h5-6,13,15,20H,4,7-12,14,16-17H2,1-3H3/t20-/m1/s1. The van der Waals surface area contributed by atoms with Gasteiger partial charge in [-0.2, -0.15) is 0 Å². The number of hydrogen-bond donors (Lipinski definition) is 0. The van der Waals surface area contributed by atoms with E-state index in [0.717, 1.165) is 68.3 Å². The van der Waals surface area contributed by atoms with E-state index in [0.29, 0.717) is 18.5 Å². The summed E-state index contributed by atoms with van der Waals surface area (Å²) in [6, 6.07) is 5.83. The maximum atomic E-state index is 14.2. The lowest BCUT2D eigenvalue weighted by molar-refractivity contribution is -0.00294. The highest BCUT2D eigenvalue weighted by molar-refractivity contribution is 5.77. The van der Waals surface area contributed by atoms with Crippen LogP contribution in [0.1, 0.15) is 31.9 Å². The molecular weight excluding hydrogens is 449 g/mol. The molecule has 5 rings (SSSR count). The Morgan fingerprint density at radius 3 is 2.66 bits per heavy atom. The number of nitrogens with zero attached hydrogens (tertiary/aromatic N) is 5. The zero-order chi connectivity index (χ0) is 24.6. The van der Waals surface area contributed by atoms with E-state index < -0.39 is 0 Å². The summed E-state index contributed by atoms with van der Waals surface area (Å²) in [6.07, 6.45) is 4.60. The molecule has 1 atom stereocenters. The van der Waals surface area contributed by atoms with Crippen molar-refractivity contribution in [2.75, 3.05) is 57.9 Å². The van der Waals surface area contributed by atoms with E-state index in [9.17, 15) is 9.18 Å². The number of anilines is 1. The number of piperazine rings is 1. The minimum absolute atomic E-state index is 0.180. The Morgan fingerprint density at radius 2 is 1.97 bits per heavy atom. The Labute approximate surface area is 206 Å². The van der Waals surface area contributed by atoms with Gasteiger partial charge >= 0.3 is 6.09 Å². The highest BCUT2D eigenvalue weighted by Gasteiger charge is 2.51. The molecule has 8 nitrogen and oxygen atoms in total. The third kappa shape index (κ3) is 4.66. The molecule has 4 heterocycles. The number of carbonyl (C=O) groups excluding carboxylic acids is 1. The Hall–Kier alpha value is -2.94. The summed E-state index contributed by atoms with van der Waals surface area (Å²) in [5.41, 5.74) is 2.67. The van der Waals surface area contributed by atoms with Crippen LogP contribution in [0.25, 0.3) is 11.1 Å². The SMILES string of the molecule is CCOC(=O)N1CC2(CC[C@@H](N3CCN(c4ncc(F)cc4-c4ccc(OC)nc4C)CC3)C2)C1. The number of ether oxygens (including phenoxy) is 2. The van der Waals surface area contributed by atoms with Crippen molar-refractivity contribution in [3.8, 4) is 17.0 Å². The molecule has 1 spiro atoms. The first-order valence-electron chi connectivity index (χ1n) is 12.5. The number of aryl methyl sites for hydroxylation is 1. The van der Waals surface area contributed by atoms with Crippen molar-refractivity contribution in [2.45, 2.75) is 39.2 Å². The summed E-state index contributed by atoms with van der Waals surface area (Å²) in [6.45, 7) is 9.39. The van der Waals surface area contributed by atoms with Crippen LogP contribution in [-0.2, 0) is 4.74 Å². The molecule has 9 heteroatoms. The van der Waals surface area contributed by atoms with Gasteiger partial charge in [-0.1, -0.05) is 0 Å². The number of hydrogen-bond acceptors (Lipinski definition) is 7. The number of carbonyl (C=O) groups is 1. The normalized spacial score (nSPS) is 21.8. The number of amides is 1. The van der Waals surface area contributed by atoms with Crippen LogP contribution in [0.2, 0.25) is 0 Å². The molecule has 2 saturated heterocycles. The van der Waals surface area contributed by atoms with E-state index in [-0.39, 0.29) is 17.3 Å². The maximum absolute atomic E-state index is 14.2. The highest BCUT2D eigenvalue weighted by atomic mass is 19.1. The van der Waals surface area contributed by atoms with Crippen molar-refractivity contribution in [1.29, 1.82) is 0 Å². The van der Waals surface area contributed by atoms with Crippen molar-refractivity contribution >= 4 is 11.9 Å². The van der Waals surface area contributed by atoms with Crippen LogP contribution in [0.15, 0.2) is 24.4 Å². The third-order valence-corrected chi connectivity index (χ3v) is 7.78. The first kappa shape index (κ1) is 23.8. The minimum Gasteiger partial charge on any atom is -0.481 e. The van der Waals surface area contributed by atoms with Crippen LogP contribution in [0.3, 0.4) is 0 Å². The summed E-state index contributed by atoms with van der Waals surface area (Å²) in [7, 11) is 1.59. The van der Waals surface area contributed by atoms with Crippen LogP contribution in [-0.4, -0.2) is 84.9 Å². The topological polar surface area (TPSA) is 71.0 Å². The van der Waals surface area contributed by atoms with Crippen LogP contribution in [0, 0.1) is 18.2 Å². The zero-order valence-electron chi connectivity index (χ0n) is 20.8.